The van der Waals surface area contributed by atoms with Crippen LogP contribution in [0.2, 0.25) is 5.02 Å². The van der Waals surface area contributed by atoms with Crippen LogP contribution >= 0.6 is 38.9 Å². The SMILES string of the molecule is CCOC(=O)C1=C(C)N=c2s/c(=C\c3cc(Br)ccc3O)c(=O)n2C1c1ccccc1Cl. The number of benzene rings is 2. The normalized spacial score (nSPS) is 16.0. The maximum Gasteiger partial charge on any atom is 0.338 e. The molecule has 32 heavy (non-hydrogen) atoms. The Balaban J connectivity index is 2.00. The van der Waals surface area contributed by atoms with Crippen molar-refractivity contribution in [3.05, 3.63) is 94.0 Å². The maximum atomic E-state index is 13.5. The number of ether oxygens (including phenoxy) is 1. The largest absolute Gasteiger partial charge is 0.507 e. The van der Waals surface area contributed by atoms with Crippen molar-refractivity contribution in [2.24, 2.45) is 4.99 Å². The highest BCUT2D eigenvalue weighted by molar-refractivity contribution is 9.10. The number of carbonyl (C=O) groups excluding carboxylic acids is 1. The molecule has 0 saturated carbocycles. The minimum absolute atomic E-state index is 0.0464. The number of phenols is 1. The third kappa shape index (κ3) is 4.05. The van der Waals surface area contributed by atoms with Crippen LogP contribution in [0.5, 0.6) is 5.75 Å². The number of carbonyl (C=O) groups is 1. The predicted molar refractivity (Wildman–Crippen MR) is 128 cm³/mol. The number of hydrogen-bond donors (Lipinski definition) is 1. The summed E-state index contributed by atoms with van der Waals surface area (Å²) >= 11 is 11.0. The second kappa shape index (κ2) is 9.05. The van der Waals surface area contributed by atoms with Gasteiger partial charge in [0.15, 0.2) is 4.80 Å². The van der Waals surface area contributed by atoms with Crippen LogP contribution in [0.4, 0.5) is 0 Å². The molecule has 3 aromatic rings. The van der Waals surface area contributed by atoms with Crippen molar-refractivity contribution in [2.75, 3.05) is 6.61 Å². The van der Waals surface area contributed by atoms with E-state index in [0.717, 1.165) is 4.47 Å². The summed E-state index contributed by atoms with van der Waals surface area (Å²) in [5.74, 6) is -0.498. The highest BCUT2D eigenvalue weighted by atomic mass is 79.9. The van der Waals surface area contributed by atoms with Gasteiger partial charge < -0.3 is 9.84 Å². The van der Waals surface area contributed by atoms with E-state index < -0.39 is 12.0 Å². The van der Waals surface area contributed by atoms with Gasteiger partial charge in [-0.1, -0.05) is 57.1 Å². The Hall–Kier alpha value is -2.68. The number of allylic oxidation sites excluding steroid dienone is 1. The third-order valence-electron chi connectivity index (χ3n) is 4.99. The smallest absolute Gasteiger partial charge is 0.338 e. The number of thiazole rings is 1. The lowest BCUT2D eigenvalue weighted by molar-refractivity contribution is -0.139. The number of aromatic nitrogens is 1. The van der Waals surface area contributed by atoms with Crippen molar-refractivity contribution in [3.8, 4) is 5.75 Å². The number of fused-ring (bicyclic) bond motifs is 1. The van der Waals surface area contributed by atoms with Crippen molar-refractivity contribution in [3.63, 3.8) is 0 Å². The number of rotatable bonds is 4. The Bertz CT molecular complexity index is 1440. The molecule has 164 valence electrons. The van der Waals surface area contributed by atoms with Crippen LogP contribution in [0, 0.1) is 0 Å². The molecule has 4 rings (SSSR count). The van der Waals surface area contributed by atoms with E-state index in [9.17, 15) is 14.7 Å². The monoisotopic (exact) mass is 532 g/mol. The van der Waals surface area contributed by atoms with E-state index in [1.54, 1.807) is 62.4 Å². The lowest BCUT2D eigenvalue weighted by Gasteiger charge is -2.25. The van der Waals surface area contributed by atoms with Crippen LogP contribution in [-0.2, 0) is 9.53 Å². The minimum Gasteiger partial charge on any atom is -0.507 e. The Morgan fingerprint density at radius 1 is 1.34 bits per heavy atom. The van der Waals surface area contributed by atoms with E-state index in [1.807, 2.05) is 0 Å². The van der Waals surface area contributed by atoms with E-state index in [4.69, 9.17) is 16.3 Å². The summed E-state index contributed by atoms with van der Waals surface area (Å²) in [7, 11) is 0. The molecule has 1 aliphatic heterocycles. The second-order valence-corrected chi connectivity index (χ2v) is 9.36. The van der Waals surface area contributed by atoms with Gasteiger partial charge in [0.1, 0.15) is 11.8 Å². The van der Waals surface area contributed by atoms with Crippen LogP contribution in [0.25, 0.3) is 6.08 Å². The first-order chi connectivity index (χ1) is 15.3. The van der Waals surface area contributed by atoms with Crippen molar-refractivity contribution in [1.82, 2.24) is 4.57 Å². The minimum atomic E-state index is -0.780. The lowest BCUT2D eigenvalue weighted by Crippen LogP contribution is -2.40. The number of hydrogen-bond acceptors (Lipinski definition) is 6. The summed E-state index contributed by atoms with van der Waals surface area (Å²) in [5.41, 5.74) is 1.48. The van der Waals surface area contributed by atoms with Gasteiger partial charge in [0.05, 0.1) is 22.4 Å². The van der Waals surface area contributed by atoms with Crippen LogP contribution in [-0.4, -0.2) is 22.2 Å². The summed E-state index contributed by atoms with van der Waals surface area (Å²) < 4.78 is 7.87. The van der Waals surface area contributed by atoms with Crippen LogP contribution in [0.3, 0.4) is 0 Å². The number of esters is 1. The third-order valence-corrected chi connectivity index (χ3v) is 6.81. The zero-order chi connectivity index (χ0) is 23.0. The number of nitrogens with zero attached hydrogens (tertiary/aromatic N) is 2. The van der Waals surface area contributed by atoms with Crippen molar-refractivity contribution in [2.45, 2.75) is 19.9 Å². The van der Waals surface area contributed by atoms with Crippen LogP contribution in [0.1, 0.15) is 31.0 Å². The molecule has 0 radical (unpaired) electrons. The van der Waals surface area contributed by atoms with Crippen molar-refractivity contribution < 1.29 is 14.6 Å². The highest BCUT2D eigenvalue weighted by Gasteiger charge is 2.34. The van der Waals surface area contributed by atoms with E-state index in [0.29, 0.717) is 31.2 Å². The Kier molecular flexibility index (Phi) is 6.37. The fourth-order valence-electron chi connectivity index (χ4n) is 3.56. The zero-order valence-corrected chi connectivity index (χ0v) is 20.3. The van der Waals surface area contributed by atoms with Gasteiger partial charge in [0.25, 0.3) is 5.56 Å². The number of aromatic hydroxyl groups is 1. The van der Waals surface area contributed by atoms with Gasteiger partial charge in [-0.05, 0) is 49.8 Å². The van der Waals surface area contributed by atoms with Gasteiger partial charge >= 0.3 is 5.97 Å². The number of halogens is 2. The number of phenolic OH excluding ortho intramolecular Hbond substituents is 1. The molecule has 0 saturated heterocycles. The van der Waals surface area contributed by atoms with Gasteiger partial charge in [-0.3, -0.25) is 9.36 Å². The average molecular weight is 534 g/mol. The summed E-state index contributed by atoms with van der Waals surface area (Å²) in [6, 6.07) is 11.3. The predicted octanol–water partition coefficient (Wildman–Crippen LogP) is 3.92. The molecule has 0 bridgehead atoms. The maximum absolute atomic E-state index is 13.5. The molecule has 0 aliphatic carbocycles. The molecule has 1 unspecified atom stereocenters. The van der Waals surface area contributed by atoms with Crippen LogP contribution in [0.15, 0.2) is 68.0 Å². The summed E-state index contributed by atoms with van der Waals surface area (Å²) in [5, 5.41) is 10.6. The molecule has 0 fully saturated rings. The highest BCUT2D eigenvalue weighted by Crippen LogP contribution is 2.34. The Morgan fingerprint density at radius 2 is 2.09 bits per heavy atom. The Labute approximate surface area is 200 Å². The fraction of sp³-hybridized carbons (Fsp3) is 0.174. The lowest BCUT2D eigenvalue weighted by atomic mass is 9.96. The second-order valence-electron chi connectivity index (χ2n) is 7.03. The van der Waals surface area contributed by atoms with Gasteiger partial charge in [-0.25, -0.2) is 9.79 Å². The van der Waals surface area contributed by atoms with Crippen LogP contribution < -0.4 is 14.9 Å². The molecule has 6 nitrogen and oxygen atoms in total. The van der Waals surface area contributed by atoms with Gasteiger partial charge in [-0.15, -0.1) is 0 Å². The summed E-state index contributed by atoms with van der Waals surface area (Å²) in [6.07, 6.45) is 1.61. The van der Waals surface area contributed by atoms with Gasteiger partial charge in [0.2, 0.25) is 0 Å². The first-order valence-corrected chi connectivity index (χ1v) is 11.7. The summed E-state index contributed by atoms with van der Waals surface area (Å²) in [4.78, 5) is 31.3. The topological polar surface area (TPSA) is 80.9 Å². The van der Waals surface area contributed by atoms with Gasteiger partial charge in [0, 0.05) is 15.1 Å². The molecule has 1 aliphatic rings. The molecule has 0 spiro atoms. The summed E-state index contributed by atoms with van der Waals surface area (Å²) in [6.45, 7) is 3.63. The first kappa shape index (κ1) is 22.5. The first-order valence-electron chi connectivity index (χ1n) is 9.74. The average Bonchev–Trinajstić information content (AvgIpc) is 3.05. The molecule has 1 aromatic heterocycles. The van der Waals surface area contributed by atoms with E-state index in [-0.39, 0.29) is 23.5 Å². The zero-order valence-electron chi connectivity index (χ0n) is 17.1. The molecular formula is C23H18BrClN2O4S. The molecular weight excluding hydrogens is 516 g/mol. The molecule has 0 amide bonds. The van der Waals surface area contributed by atoms with Crippen molar-refractivity contribution >= 4 is 50.9 Å². The van der Waals surface area contributed by atoms with Gasteiger partial charge in [-0.2, -0.15) is 0 Å². The molecule has 2 aromatic carbocycles. The standard InChI is InChI=1S/C23H18BrClN2O4S/c1-3-31-22(30)19-12(2)26-23-27(20(19)15-6-4-5-7-16(15)25)21(29)18(32-23)11-13-10-14(24)8-9-17(13)28/h4-11,20,28H,3H2,1-2H3/b18-11-. The van der Waals surface area contributed by atoms with E-state index in [1.165, 1.54) is 15.9 Å². The molecule has 1 N–H and O–H groups in total. The molecule has 1 atom stereocenters. The van der Waals surface area contributed by atoms with Crippen molar-refractivity contribution in [1.29, 1.82) is 0 Å². The molecule has 9 heteroatoms. The quantitative estimate of drug-likeness (QED) is 0.516. The molecule has 2 heterocycles. The van der Waals surface area contributed by atoms with E-state index >= 15 is 0 Å². The van der Waals surface area contributed by atoms with E-state index in [2.05, 4.69) is 20.9 Å². The Morgan fingerprint density at radius 3 is 2.81 bits per heavy atom. The fourth-order valence-corrected chi connectivity index (χ4v) is 5.22.